The second-order valence-electron chi connectivity index (χ2n) is 1.91. The fourth-order valence-electron chi connectivity index (χ4n) is 0.349. The topological polar surface area (TPSA) is 94.8 Å². The summed E-state index contributed by atoms with van der Waals surface area (Å²) >= 11 is 0. The third-order valence-corrected chi connectivity index (χ3v) is 1.12. The fraction of sp³-hybridized carbons (Fsp3) is 0.600. The smallest absolute Gasteiger partial charge is 0.333 e. The standard InChI is InChI=1S/C5H8O5/c1-2(4(7)8)3(6)5(9)10/h2-3,6H,1H3,(H,7,8)(H,9,10)/t2-,3?/m1/s1. The molecule has 0 heterocycles. The number of hydrogen-bond donors (Lipinski definition) is 3. The molecule has 0 aliphatic carbocycles. The molecule has 0 saturated carbocycles. The second-order valence-corrected chi connectivity index (χ2v) is 1.91. The van der Waals surface area contributed by atoms with Crippen LogP contribution in [0.15, 0.2) is 0 Å². The Kier molecular flexibility index (Phi) is 2.82. The van der Waals surface area contributed by atoms with Gasteiger partial charge in [0.2, 0.25) is 0 Å². The van der Waals surface area contributed by atoms with Crippen LogP contribution >= 0.6 is 0 Å². The highest BCUT2D eigenvalue weighted by atomic mass is 16.4. The van der Waals surface area contributed by atoms with E-state index in [4.69, 9.17) is 15.3 Å². The zero-order chi connectivity index (χ0) is 8.31. The van der Waals surface area contributed by atoms with E-state index in [1.54, 1.807) is 0 Å². The van der Waals surface area contributed by atoms with Crippen LogP contribution in [0, 0.1) is 5.92 Å². The molecule has 2 atom stereocenters. The summed E-state index contributed by atoms with van der Waals surface area (Å²) in [5, 5.41) is 24.9. The zero-order valence-corrected chi connectivity index (χ0v) is 5.31. The molecule has 3 N–H and O–H groups in total. The average Bonchev–Trinajstić information content (AvgIpc) is 1.84. The van der Waals surface area contributed by atoms with Gasteiger partial charge in [0, 0.05) is 0 Å². The van der Waals surface area contributed by atoms with E-state index in [1.807, 2.05) is 0 Å². The molecule has 0 aromatic carbocycles. The van der Waals surface area contributed by atoms with Crippen LogP contribution in [0.2, 0.25) is 0 Å². The van der Waals surface area contributed by atoms with E-state index in [0.717, 1.165) is 6.92 Å². The summed E-state index contributed by atoms with van der Waals surface area (Å²) in [5.41, 5.74) is 0. The molecule has 10 heavy (non-hydrogen) atoms. The summed E-state index contributed by atoms with van der Waals surface area (Å²) in [6.07, 6.45) is -1.82. The van der Waals surface area contributed by atoms with Gasteiger partial charge in [-0.3, -0.25) is 4.79 Å². The molecule has 0 amide bonds. The predicted octanol–water partition coefficient (Wildman–Crippen LogP) is -0.847. The van der Waals surface area contributed by atoms with Crippen molar-refractivity contribution in [1.82, 2.24) is 0 Å². The van der Waals surface area contributed by atoms with Gasteiger partial charge >= 0.3 is 11.9 Å². The van der Waals surface area contributed by atoms with Crippen molar-refractivity contribution < 1.29 is 24.9 Å². The molecule has 0 radical (unpaired) electrons. The molecular formula is C5H8O5. The summed E-state index contributed by atoms with van der Waals surface area (Å²) < 4.78 is 0. The van der Waals surface area contributed by atoms with Gasteiger partial charge in [-0.2, -0.15) is 0 Å². The molecule has 0 saturated heterocycles. The number of aliphatic hydroxyl groups excluding tert-OH is 1. The van der Waals surface area contributed by atoms with E-state index in [-0.39, 0.29) is 0 Å². The monoisotopic (exact) mass is 148 g/mol. The lowest BCUT2D eigenvalue weighted by Crippen LogP contribution is -2.32. The van der Waals surface area contributed by atoms with Crippen LogP contribution < -0.4 is 0 Å². The number of carbonyl (C=O) groups is 2. The summed E-state index contributed by atoms with van der Waals surface area (Å²) in [7, 11) is 0. The second kappa shape index (κ2) is 3.17. The molecule has 0 rings (SSSR count). The van der Waals surface area contributed by atoms with Gasteiger partial charge < -0.3 is 15.3 Å². The van der Waals surface area contributed by atoms with Crippen LogP contribution in [0.25, 0.3) is 0 Å². The van der Waals surface area contributed by atoms with Crippen LogP contribution in [0.4, 0.5) is 0 Å². The normalized spacial score (nSPS) is 15.8. The number of carboxylic acids is 2. The first kappa shape index (κ1) is 8.90. The number of aliphatic carboxylic acids is 2. The van der Waals surface area contributed by atoms with Crippen LogP contribution in [-0.2, 0) is 9.59 Å². The molecule has 0 aliphatic heterocycles. The Morgan fingerprint density at radius 2 is 1.60 bits per heavy atom. The molecule has 0 aromatic heterocycles. The predicted molar refractivity (Wildman–Crippen MR) is 30.4 cm³/mol. The van der Waals surface area contributed by atoms with Crippen molar-refractivity contribution in [3.63, 3.8) is 0 Å². The quantitative estimate of drug-likeness (QED) is 0.484. The molecule has 58 valence electrons. The molecule has 0 bridgehead atoms. The van der Waals surface area contributed by atoms with E-state index < -0.39 is 24.0 Å². The van der Waals surface area contributed by atoms with Gasteiger partial charge in [-0.1, -0.05) is 0 Å². The van der Waals surface area contributed by atoms with Crippen LogP contribution in [0.5, 0.6) is 0 Å². The Morgan fingerprint density at radius 3 is 1.70 bits per heavy atom. The lowest BCUT2D eigenvalue weighted by molar-refractivity contribution is -0.158. The Balaban J connectivity index is 4.07. The third kappa shape index (κ3) is 2.02. The van der Waals surface area contributed by atoms with Crippen molar-refractivity contribution in [3.05, 3.63) is 0 Å². The minimum absolute atomic E-state index is 1.13. The average molecular weight is 148 g/mol. The number of hydrogen-bond acceptors (Lipinski definition) is 3. The minimum atomic E-state index is -1.82. The first-order chi connectivity index (χ1) is 4.46. The lowest BCUT2D eigenvalue weighted by Gasteiger charge is -2.08. The van der Waals surface area contributed by atoms with Crippen molar-refractivity contribution in [3.8, 4) is 0 Å². The van der Waals surface area contributed by atoms with Gasteiger partial charge in [0.1, 0.15) is 0 Å². The lowest BCUT2D eigenvalue weighted by atomic mass is 10.1. The summed E-state index contributed by atoms with van der Waals surface area (Å²) in [4.78, 5) is 20.0. The minimum Gasteiger partial charge on any atom is -0.481 e. The van der Waals surface area contributed by atoms with E-state index in [9.17, 15) is 9.59 Å². The van der Waals surface area contributed by atoms with Crippen molar-refractivity contribution in [1.29, 1.82) is 0 Å². The maximum absolute atomic E-state index is 10.0. The Morgan fingerprint density at radius 1 is 1.20 bits per heavy atom. The van der Waals surface area contributed by atoms with Gasteiger partial charge in [0.25, 0.3) is 0 Å². The molecular weight excluding hydrogens is 140 g/mol. The highest BCUT2D eigenvalue weighted by Crippen LogP contribution is 2.01. The van der Waals surface area contributed by atoms with Gasteiger partial charge in [-0.05, 0) is 6.92 Å². The summed E-state index contributed by atoms with van der Waals surface area (Å²) in [6.45, 7) is 1.13. The maximum atomic E-state index is 10.0. The first-order valence-electron chi connectivity index (χ1n) is 2.60. The van der Waals surface area contributed by atoms with Crippen LogP contribution in [0.3, 0.4) is 0 Å². The summed E-state index contributed by atoms with van der Waals surface area (Å²) in [6, 6.07) is 0. The number of aliphatic hydroxyl groups is 1. The van der Waals surface area contributed by atoms with Crippen molar-refractivity contribution in [2.75, 3.05) is 0 Å². The molecule has 0 aromatic rings. The van der Waals surface area contributed by atoms with Gasteiger partial charge in [-0.15, -0.1) is 0 Å². The molecule has 0 spiro atoms. The van der Waals surface area contributed by atoms with E-state index in [2.05, 4.69) is 0 Å². The largest absolute Gasteiger partial charge is 0.481 e. The van der Waals surface area contributed by atoms with Crippen LogP contribution in [-0.4, -0.2) is 33.4 Å². The maximum Gasteiger partial charge on any atom is 0.333 e. The Labute approximate surface area is 56.9 Å². The van der Waals surface area contributed by atoms with Crippen molar-refractivity contribution in [2.24, 2.45) is 5.92 Å². The number of rotatable bonds is 3. The number of carboxylic acid groups (broad SMARTS) is 2. The van der Waals surface area contributed by atoms with Crippen LogP contribution in [0.1, 0.15) is 6.92 Å². The van der Waals surface area contributed by atoms with Gasteiger partial charge in [0.05, 0.1) is 5.92 Å². The zero-order valence-electron chi connectivity index (χ0n) is 5.31. The van der Waals surface area contributed by atoms with Crippen molar-refractivity contribution in [2.45, 2.75) is 13.0 Å². The summed E-state index contributed by atoms with van der Waals surface area (Å²) in [5.74, 6) is -4.11. The Hall–Kier alpha value is -1.10. The van der Waals surface area contributed by atoms with Gasteiger partial charge in [-0.25, -0.2) is 4.79 Å². The first-order valence-corrected chi connectivity index (χ1v) is 2.60. The van der Waals surface area contributed by atoms with E-state index in [1.165, 1.54) is 0 Å². The van der Waals surface area contributed by atoms with E-state index >= 15 is 0 Å². The molecule has 0 fully saturated rings. The Bertz CT molecular complexity index is 134. The highest BCUT2D eigenvalue weighted by molar-refractivity contribution is 5.81. The molecule has 5 heteroatoms. The fourth-order valence-corrected chi connectivity index (χ4v) is 0.349. The SMILES string of the molecule is C[C@@H](C(=O)O)C(O)C(=O)O. The molecule has 0 aliphatic rings. The van der Waals surface area contributed by atoms with E-state index in [0.29, 0.717) is 0 Å². The third-order valence-electron chi connectivity index (χ3n) is 1.12. The molecule has 1 unspecified atom stereocenters. The highest BCUT2D eigenvalue weighted by Gasteiger charge is 2.26. The van der Waals surface area contributed by atoms with Crippen molar-refractivity contribution >= 4 is 11.9 Å². The molecule has 5 nitrogen and oxygen atoms in total. The van der Waals surface area contributed by atoms with Gasteiger partial charge in [0.15, 0.2) is 6.10 Å².